The molecule has 20 heavy (non-hydrogen) atoms. The van der Waals surface area contributed by atoms with E-state index in [2.05, 4.69) is 34.6 Å². The number of fused-ring (bicyclic) bond motifs is 1. The van der Waals surface area contributed by atoms with Crippen LogP contribution >= 0.6 is 0 Å². The Bertz CT molecular complexity index is 292. The minimum absolute atomic E-state index is 0.697. The van der Waals surface area contributed by atoms with Crippen molar-refractivity contribution in [3.05, 3.63) is 0 Å². The smallest absolute Gasteiger partial charge is 0.0266 e. The third kappa shape index (κ3) is 3.42. The van der Waals surface area contributed by atoms with Crippen molar-refractivity contribution in [3.8, 4) is 0 Å². The Morgan fingerprint density at radius 3 is 2.45 bits per heavy atom. The highest BCUT2D eigenvalue weighted by molar-refractivity contribution is 4.99. The van der Waals surface area contributed by atoms with Crippen LogP contribution in [0.5, 0.6) is 0 Å². The highest BCUT2D eigenvalue weighted by Gasteiger charge is 2.50. The number of hydrogen-bond acceptors (Lipinski definition) is 0. The highest BCUT2D eigenvalue weighted by atomic mass is 14.5. The minimum atomic E-state index is 0.697. The van der Waals surface area contributed by atoms with Crippen LogP contribution in [0.1, 0.15) is 92.4 Å². The van der Waals surface area contributed by atoms with Gasteiger partial charge >= 0.3 is 0 Å². The first-order chi connectivity index (χ1) is 9.47. The molecule has 0 aromatic carbocycles. The van der Waals surface area contributed by atoms with Gasteiger partial charge in [0.05, 0.1) is 0 Å². The molecule has 2 saturated carbocycles. The van der Waals surface area contributed by atoms with E-state index in [0.717, 1.165) is 29.6 Å². The lowest BCUT2D eigenvalue weighted by molar-refractivity contribution is 0.0421. The van der Waals surface area contributed by atoms with E-state index in [-0.39, 0.29) is 0 Å². The summed E-state index contributed by atoms with van der Waals surface area (Å²) >= 11 is 0. The van der Waals surface area contributed by atoms with Crippen molar-refractivity contribution in [2.24, 2.45) is 35.0 Å². The van der Waals surface area contributed by atoms with E-state index in [1.54, 1.807) is 6.42 Å². The van der Waals surface area contributed by atoms with Gasteiger partial charge < -0.3 is 0 Å². The summed E-state index contributed by atoms with van der Waals surface area (Å²) in [5, 5.41) is 0. The Morgan fingerprint density at radius 2 is 1.80 bits per heavy atom. The first-order valence-corrected chi connectivity index (χ1v) is 9.47. The van der Waals surface area contributed by atoms with Gasteiger partial charge in [-0.15, -0.1) is 0 Å². The average molecular weight is 279 g/mol. The van der Waals surface area contributed by atoms with Crippen LogP contribution in [0, 0.1) is 35.0 Å². The summed E-state index contributed by atoms with van der Waals surface area (Å²) in [6.07, 6.45) is 13.4. The third-order valence-corrected chi connectivity index (χ3v) is 7.02. The predicted octanol–water partition coefficient (Wildman–Crippen LogP) is 6.69. The molecule has 2 aliphatic carbocycles. The van der Waals surface area contributed by atoms with Crippen molar-refractivity contribution in [3.63, 3.8) is 0 Å². The average Bonchev–Trinajstić information content (AvgIpc) is 2.74. The van der Waals surface area contributed by atoms with Gasteiger partial charge in [0.1, 0.15) is 0 Å². The second kappa shape index (κ2) is 6.84. The zero-order valence-corrected chi connectivity index (χ0v) is 14.8. The second-order valence-electron chi connectivity index (χ2n) is 8.74. The van der Waals surface area contributed by atoms with Gasteiger partial charge in [-0.25, -0.2) is 0 Å². The molecule has 0 nitrogen and oxygen atoms in total. The summed E-state index contributed by atoms with van der Waals surface area (Å²) in [4.78, 5) is 0. The van der Waals surface area contributed by atoms with Crippen LogP contribution in [0.25, 0.3) is 0 Å². The van der Waals surface area contributed by atoms with E-state index < -0.39 is 0 Å². The molecule has 0 aliphatic heterocycles. The first-order valence-electron chi connectivity index (χ1n) is 9.47. The lowest BCUT2D eigenvalue weighted by Crippen LogP contribution is -2.37. The highest BCUT2D eigenvalue weighted by Crippen LogP contribution is 2.59. The SMILES string of the molecule is CCC1CC[C@@]2(C)C(CCC2C(C)CCCC(C)C)C1. The number of hydrogen-bond donors (Lipinski definition) is 0. The largest absolute Gasteiger partial charge is 0.0651 e. The Kier molecular flexibility index (Phi) is 5.60. The second-order valence-corrected chi connectivity index (χ2v) is 8.74. The molecule has 0 heterocycles. The Balaban J connectivity index is 1.90. The van der Waals surface area contributed by atoms with Gasteiger partial charge in [0.15, 0.2) is 0 Å². The Morgan fingerprint density at radius 1 is 1.05 bits per heavy atom. The lowest BCUT2D eigenvalue weighted by atomic mass is 9.60. The molecule has 0 heteroatoms. The van der Waals surface area contributed by atoms with E-state index in [4.69, 9.17) is 0 Å². The van der Waals surface area contributed by atoms with Gasteiger partial charge in [0.2, 0.25) is 0 Å². The minimum Gasteiger partial charge on any atom is -0.0651 e. The zero-order valence-electron chi connectivity index (χ0n) is 14.8. The van der Waals surface area contributed by atoms with E-state index >= 15 is 0 Å². The van der Waals surface area contributed by atoms with Crippen LogP contribution in [0.4, 0.5) is 0 Å². The molecular weight excluding hydrogens is 240 g/mol. The fourth-order valence-corrected chi connectivity index (χ4v) is 5.51. The Labute approximate surface area is 128 Å². The van der Waals surface area contributed by atoms with Gasteiger partial charge in [-0.2, -0.15) is 0 Å². The molecule has 0 N–H and O–H groups in total. The molecule has 0 amide bonds. The summed E-state index contributed by atoms with van der Waals surface area (Å²) in [5.41, 5.74) is 0.697. The molecule has 2 rings (SSSR count). The van der Waals surface area contributed by atoms with E-state index in [1.165, 1.54) is 51.4 Å². The van der Waals surface area contributed by atoms with Crippen LogP contribution in [0.15, 0.2) is 0 Å². The van der Waals surface area contributed by atoms with Crippen LogP contribution in [0.2, 0.25) is 0 Å². The maximum Gasteiger partial charge on any atom is -0.0266 e. The topological polar surface area (TPSA) is 0 Å². The Hall–Kier alpha value is 0. The normalized spacial score (nSPS) is 39.0. The summed E-state index contributed by atoms with van der Waals surface area (Å²) < 4.78 is 0. The van der Waals surface area contributed by atoms with Gasteiger partial charge in [-0.3, -0.25) is 0 Å². The predicted molar refractivity (Wildman–Crippen MR) is 89.8 cm³/mol. The van der Waals surface area contributed by atoms with Gasteiger partial charge in [0, 0.05) is 0 Å². The van der Waals surface area contributed by atoms with E-state index in [1.807, 2.05) is 0 Å². The van der Waals surface area contributed by atoms with Crippen LogP contribution in [0.3, 0.4) is 0 Å². The standard InChI is InChI=1S/C20H38/c1-6-17-12-13-20(5)18(14-17)10-11-19(20)16(4)9-7-8-15(2)3/h15-19H,6-14H2,1-5H3/t16?,17?,18?,19?,20-/m0/s1. The summed E-state index contributed by atoms with van der Waals surface area (Å²) in [6.45, 7) is 12.3. The molecule has 5 atom stereocenters. The maximum absolute atomic E-state index is 2.65. The van der Waals surface area contributed by atoms with Crippen molar-refractivity contribution >= 4 is 0 Å². The van der Waals surface area contributed by atoms with Gasteiger partial charge in [-0.05, 0) is 67.1 Å². The van der Waals surface area contributed by atoms with E-state index in [0.29, 0.717) is 5.41 Å². The van der Waals surface area contributed by atoms with Crippen molar-refractivity contribution < 1.29 is 0 Å². The summed E-state index contributed by atoms with van der Waals surface area (Å²) in [6, 6.07) is 0. The molecule has 2 fully saturated rings. The fourth-order valence-electron chi connectivity index (χ4n) is 5.51. The summed E-state index contributed by atoms with van der Waals surface area (Å²) in [7, 11) is 0. The van der Waals surface area contributed by atoms with Gasteiger partial charge in [0.25, 0.3) is 0 Å². The molecule has 2 aliphatic rings. The molecule has 0 aromatic heterocycles. The quantitative estimate of drug-likeness (QED) is 0.507. The lowest BCUT2D eigenvalue weighted by Gasteiger charge is -2.45. The van der Waals surface area contributed by atoms with Crippen LogP contribution < -0.4 is 0 Å². The third-order valence-electron chi connectivity index (χ3n) is 7.02. The summed E-state index contributed by atoms with van der Waals surface area (Å²) in [5.74, 6) is 4.97. The van der Waals surface area contributed by atoms with E-state index in [9.17, 15) is 0 Å². The maximum atomic E-state index is 2.65. The molecule has 0 spiro atoms. The molecule has 118 valence electrons. The molecule has 4 unspecified atom stereocenters. The number of rotatable bonds is 6. The zero-order chi connectivity index (χ0) is 14.8. The molecule has 0 bridgehead atoms. The first kappa shape index (κ1) is 16.4. The molecule has 0 saturated heterocycles. The van der Waals surface area contributed by atoms with Crippen molar-refractivity contribution in [2.75, 3.05) is 0 Å². The van der Waals surface area contributed by atoms with Crippen LogP contribution in [-0.4, -0.2) is 0 Å². The van der Waals surface area contributed by atoms with Crippen molar-refractivity contribution in [1.29, 1.82) is 0 Å². The molecule has 0 aromatic rings. The van der Waals surface area contributed by atoms with Crippen molar-refractivity contribution in [1.82, 2.24) is 0 Å². The molecule has 0 radical (unpaired) electrons. The van der Waals surface area contributed by atoms with Gasteiger partial charge in [-0.1, -0.05) is 60.3 Å². The fraction of sp³-hybridized carbons (Fsp3) is 1.00. The van der Waals surface area contributed by atoms with Crippen molar-refractivity contribution in [2.45, 2.75) is 92.4 Å². The monoisotopic (exact) mass is 278 g/mol. The molecular formula is C20H38. The van der Waals surface area contributed by atoms with Crippen LogP contribution in [-0.2, 0) is 0 Å².